The molecule has 0 fully saturated rings. The Bertz CT molecular complexity index is 591. The highest BCUT2D eigenvalue weighted by Crippen LogP contribution is 2.31. The molecule has 2 N–H and O–H groups in total. The van der Waals surface area contributed by atoms with Crippen LogP contribution in [0.2, 0.25) is 10.0 Å². The van der Waals surface area contributed by atoms with Gasteiger partial charge >= 0.3 is 0 Å². The van der Waals surface area contributed by atoms with Crippen molar-refractivity contribution in [3.05, 3.63) is 34.4 Å². The minimum absolute atomic E-state index is 0.454. The molecule has 112 valence electrons. The maximum absolute atomic E-state index is 6.13. The zero-order valence-corrected chi connectivity index (χ0v) is 13.2. The van der Waals surface area contributed by atoms with Gasteiger partial charge in [-0.3, -0.25) is 0 Å². The van der Waals surface area contributed by atoms with Crippen molar-refractivity contribution in [2.75, 3.05) is 17.2 Å². The number of anilines is 3. The van der Waals surface area contributed by atoms with Crippen molar-refractivity contribution >= 4 is 40.7 Å². The highest BCUT2D eigenvalue weighted by molar-refractivity contribution is 6.43. The van der Waals surface area contributed by atoms with Crippen molar-refractivity contribution in [2.45, 2.75) is 26.2 Å². The van der Waals surface area contributed by atoms with Crippen LogP contribution in [0.15, 0.2) is 24.4 Å². The number of hydrogen-bond acceptors (Lipinski definition) is 5. The Balaban J connectivity index is 2.02. The zero-order valence-electron chi connectivity index (χ0n) is 11.7. The lowest BCUT2D eigenvalue weighted by atomic mass is 10.2. The molecule has 0 atom stereocenters. The number of aromatic nitrogens is 3. The summed E-state index contributed by atoms with van der Waals surface area (Å²) in [7, 11) is 0. The Morgan fingerprint density at radius 3 is 2.86 bits per heavy atom. The standard InChI is InChI=1S/C14H17Cl2N5/c1-2-3-4-8-17-14-20-12(9-18-21-14)19-11-7-5-6-10(15)13(11)16/h5-7,9H,2-4,8H2,1H3,(H2,17,19,20,21). The van der Waals surface area contributed by atoms with Gasteiger partial charge in [0.05, 0.1) is 21.9 Å². The Morgan fingerprint density at radius 1 is 1.19 bits per heavy atom. The van der Waals surface area contributed by atoms with Crippen molar-refractivity contribution in [1.29, 1.82) is 0 Å². The molecule has 1 heterocycles. The van der Waals surface area contributed by atoms with Gasteiger partial charge in [-0.15, -0.1) is 5.10 Å². The van der Waals surface area contributed by atoms with E-state index in [0.717, 1.165) is 13.0 Å². The number of nitrogens with zero attached hydrogens (tertiary/aromatic N) is 3. The normalized spacial score (nSPS) is 10.4. The first-order valence-electron chi connectivity index (χ1n) is 6.85. The molecule has 0 aliphatic carbocycles. The van der Waals surface area contributed by atoms with Crippen molar-refractivity contribution in [2.24, 2.45) is 0 Å². The molecular weight excluding hydrogens is 309 g/mol. The fraction of sp³-hybridized carbons (Fsp3) is 0.357. The molecule has 0 saturated carbocycles. The van der Waals surface area contributed by atoms with Crippen LogP contribution in [0.4, 0.5) is 17.5 Å². The summed E-state index contributed by atoms with van der Waals surface area (Å²) in [5, 5.41) is 15.0. The van der Waals surface area contributed by atoms with E-state index in [4.69, 9.17) is 23.2 Å². The lowest BCUT2D eigenvalue weighted by Crippen LogP contribution is -2.07. The van der Waals surface area contributed by atoms with Crippen molar-refractivity contribution in [1.82, 2.24) is 15.2 Å². The molecule has 0 bridgehead atoms. The van der Waals surface area contributed by atoms with Gasteiger partial charge in [-0.05, 0) is 18.6 Å². The number of unbranched alkanes of at least 4 members (excludes halogenated alkanes) is 2. The van der Waals surface area contributed by atoms with Gasteiger partial charge in [-0.2, -0.15) is 10.1 Å². The molecule has 0 aliphatic rings. The van der Waals surface area contributed by atoms with Crippen LogP contribution in [0.1, 0.15) is 26.2 Å². The molecule has 0 radical (unpaired) electrons. The molecule has 1 aromatic carbocycles. The summed E-state index contributed by atoms with van der Waals surface area (Å²) in [6.45, 7) is 2.99. The summed E-state index contributed by atoms with van der Waals surface area (Å²) < 4.78 is 0. The third kappa shape index (κ3) is 4.72. The van der Waals surface area contributed by atoms with Gasteiger partial charge in [0.1, 0.15) is 0 Å². The third-order valence-electron chi connectivity index (χ3n) is 2.84. The molecule has 0 amide bonds. The Hall–Kier alpha value is -1.59. The molecule has 21 heavy (non-hydrogen) atoms. The average molecular weight is 326 g/mol. The highest BCUT2D eigenvalue weighted by atomic mass is 35.5. The van der Waals surface area contributed by atoms with Crippen LogP contribution in [0, 0.1) is 0 Å². The molecule has 7 heteroatoms. The molecule has 0 unspecified atom stereocenters. The van der Waals surface area contributed by atoms with E-state index in [-0.39, 0.29) is 0 Å². The second-order valence-corrected chi connectivity index (χ2v) is 5.31. The Morgan fingerprint density at radius 2 is 2.05 bits per heavy atom. The fourth-order valence-electron chi connectivity index (χ4n) is 1.75. The van der Waals surface area contributed by atoms with Crippen LogP contribution in [0.5, 0.6) is 0 Å². The summed E-state index contributed by atoms with van der Waals surface area (Å²) in [6.07, 6.45) is 4.97. The second kappa shape index (κ2) is 8.00. The monoisotopic (exact) mass is 325 g/mol. The van der Waals surface area contributed by atoms with Crippen LogP contribution < -0.4 is 10.6 Å². The SMILES string of the molecule is CCCCCNc1nncc(Nc2cccc(Cl)c2Cl)n1. The van der Waals surface area contributed by atoms with E-state index >= 15 is 0 Å². The van der Waals surface area contributed by atoms with Gasteiger partial charge < -0.3 is 10.6 Å². The van der Waals surface area contributed by atoms with E-state index in [2.05, 4.69) is 32.7 Å². The van der Waals surface area contributed by atoms with Crippen LogP contribution in [0.25, 0.3) is 0 Å². The number of rotatable bonds is 7. The lowest BCUT2D eigenvalue weighted by Gasteiger charge is -2.09. The van der Waals surface area contributed by atoms with Crippen molar-refractivity contribution < 1.29 is 0 Å². The van der Waals surface area contributed by atoms with Crippen LogP contribution in [-0.4, -0.2) is 21.7 Å². The lowest BCUT2D eigenvalue weighted by molar-refractivity contribution is 0.738. The number of nitrogens with one attached hydrogen (secondary N) is 2. The first kappa shape index (κ1) is 15.8. The molecule has 2 aromatic rings. The van der Waals surface area contributed by atoms with Crippen LogP contribution >= 0.6 is 23.2 Å². The van der Waals surface area contributed by atoms with Crippen molar-refractivity contribution in [3.8, 4) is 0 Å². The molecule has 0 saturated heterocycles. The van der Waals surface area contributed by atoms with E-state index in [1.165, 1.54) is 19.0 Å². The first-order chi connectivity index (χ1) is 10.2. The topological polar surface area (TPSA) is 62.7 Å². The Kier molecular flexibility index (Phi) is 6.02. The molecule has 1 aromatic heterocycles. The fourth-order valence-corrected chi connectivity index (χ4v) is 2.10. The predicted octanol–water partition coefficient (Wildman–Crippen LogP) is 4.52. The largest absolute Gasteiger partial charge is 0.353 e. The van der Waals surface area contributed by atoms with E-state index in [1.54, 1.807) is 6.07 Å². The van der Waals surface area contributed by atoms with Gasteiger partial charge in [-0.1, -0.05) is 49.0 Å². The van der Waals surface area contributed by atoms with Gasteiger partial charge in [0.25, 0.3) is 0 Å². The van der Waals surface area contributed by atoms with E-state index < -0.39 is 0 Å². The summed E-state index contributed by atoms with van der Waals surface area (Å²) in [5.41, 5.74) is 0.682. The van der Waals surface area contributed by atoms with Crippen LogP contribution in [-0.2, 0) is 0 Å². The predicted molar refractivity (Wildman–Crippen MR) is 87.6 cm³/mol. The molecule has 5 nitrogen and oxygen atoms in total. The number of hydrogen-bond donors (Lipinski definition) is 2. The second-order valence-electron chi connectivity index (χ2n) is 4.53. The minimum Gasteiger partial charge on any atom is -0.353 e. The Labute approximate surface area is 134 Å². The smallest absolute Gasteiger partial charge is 0.244 e. The maximum Gasteiger partial charge on any atom is 0.244 e. The van der Waals surface area contributed by atoms with Gasteiger partial charge in [-0.25, -0.2) is 0 Å². The summed E-state index contributed by atoms with van der Waals surface area (Å²) in [6, 6.07) is 5.37. The van der Waals surface area contributed by atoms with Gasteiger partial charge in [0, 0.05) is 6.54 Å². The minimum atomic E-state index is 0.454. The molecular formula is C14H17Cl2N5. The highest BCUT2D eigenvalue weighted by Gasteiger charge is 2.06. The van der Waals surface area contributed by atoms with E-state index in [9.17, 15) is 0 Å². The number of benzene rings is 1. The third-order valence-corrected chi connectivity index (χ3v) is 3.66. The van der Waals surface area contributed by atoms with Gasteiger partial charge in [0.2, 0.25) is 5.95 Å². The average Bonchev–Trinajstić information content (AvgIpc) is 2.49. The first-order valence-corrected chi connectivity index (χ1v) is 7.61. The molecule has 0 spiro atoms. The van der Waals surface area contributed by atoms with E-state index in [1.807, 2.05) is 12.1 Å². The maximum atomic E-state index is 6.13. The molecule has 2 rings (SSSR count). The summed E-state index contributed by atoms with van der Waals surface area (Å²) in [4.78, 5) is 4.34. The van der Waals surface area contributed by atoms with E-state index in [0.29, 0.717) is 27.5 Å². The van der Waals surface area contributed by atoms with Gasteiger partial charge in [0.15, 0.2) is 5.82 Å². The summed E-state index contributed by atoms with van der Waals surface area (Å²) >= 11 is 12.1. The summed E-state index contributed by atoms with van der Waals surface area (Å²) in [5.74, 6) is 1.06. The quantitative estimate of drug-likeness (QED) is 0.732. The molecule has 0 aliphatic heterocycles. The number of halogens is 2. The van der Waals surface area contributed by atoms with Crippen molar-refractivity contribution in [3.63, 3.8) is 0 Å². The zero-order chi connectivity index (χ0) is 15.1. The van der Waals surface area contributed by atoms with Crippen LogP contribution in [0.3, 0.4) is 0 Å².